The van der Waals surface area contributed by atoms with Gasteiger partial charge in [-0.15, -0.1) is 0 Å². The van der Waals surface area contributed by atoms with Crippen LogP contribution in [-0.2, 0) is 4.74 Å². The van der Waals surface area contributed by atoms with Crippen LogP contribution in [-0.4, -0.2) is 53.5 Å². The lowest BCUT2D eigenvalue weighted by Gasteiger charge is -2.24. The second kappa shape index (κ2) is 5.01. The number of amides is 1. The molecule has 1 aliphatic rings. The van der Waals surface area contributed by atoms with Crippen LogP contribution in [0.3, 0.4) is 0 Å². The molecule has 0 spiro atoms. The Morgan fingerprint density at radius 3 is 2.62 bits per heavy atom. The number of carbonyl (C=O) groups excluding carboxylic acids is 1. The lowest BCUT2D eigenvalue weighted by molar-refractivity contribution is 0.0270. The van der Waals surface area contributed by atoms with Crippen molar-refractivity contribution in [2.75, 3.05) is 19.6 Å². The summed E-state index contributed by atoms with van der Waals surface area (Å²) in [6.07, 6.45) is -0.862. The topological polar surface area (TPSA) is 61.8 Å². The number of ether oxygens (including phenoxy) is 1. The van der Waals surface area contributed by atoms with Crippen LogP contribution in [0, 0.1) is 0 Å². The highest BCUT2D eigenvalue weighted by molar-refractivity contribution is 5.68. The van der Waals surface area contributed by atoms with E-state index in [9.17, 15) is 9.90 Å². The van der Waals surface area contributed by atoms with Crippen LogP contribution in [0.4, 0.5) is 4.79 Å². The van der Waals surface area contributed by atoms with Crippen molar-refractivity contribution in [2.45, 2.75) is 45.4 Å². The lowest BCUT2D eigenvalue weighted by atomic mass is 10.2. The summed E-state index contributed by atoms with van der Waals surface area (Å²) in [5.41, 5.74) is -0.488. The summed E-state index contributed by atoms with van der Waals surface area (Å²) in [6, 6.07) is -0.0440. The summed E-state index contributed by atoms with van der Waals surface area (Å²) in [4.78, 5) is 13.3. The Labute approximate surface area is 96.8 Å². The van der Waals surface area contributed by atoms with Gasteiger partial charge in [0.2, 0.25) is 0 Å². The number of likely N-dealkylation sites (tertiary alicyclic amines) is 1. The first-order valence-electron chi connectivity index (χ1n) is 5.73. The number of hydrogen-bond acceptors (Lipinski definition) is 4. The van der Waals surface area contributed by atoms with E-state index in [0.717, 1.165) is 6.54 Å². The smallest absolute Gasteiger partial charge is 0.410 e. The minimum absolute atomic E-state index is 0.0440. The molecule has 2 N–H and O–H groups in total. The van der Waals surface area contributed by atoms with Gasteiger partial charge in [-0.25, -0.2) is 4.79 Å². The zero-order valence-electron chi connectivity index (χ0n) is 10.5. The predicted molar refractivity (Wildman–Crippen MR) is 61.3 cm³/mol. The Morgan fingerprint density at radius 2 is 2.12 bits per heavy atom. The number of carbonyl (C=O) groups is 1. The number of β-amino-alcohol motifs (C(OH)–C–C–N with tert-alkyl or cyclic N) is 1. The lowest BCUT2D eigenvalue weighted by Crippen LogP contribution is -2.39. The normalized spacial score (nSPS) is 25.9. The number of nitrogens with one attached hydrogen (secondary N) is 1. The molecule has 94 valence electrons. The molecule has 1 rings (SSSR count). The van der Waals surface area contributed by atoms with Gasteiger partial charge >= 0.3 is 6.09 Å². The van der Waals surface area contributed by atoms with E-state index in [1.807, 2.05) is 27.7 Å². The van der Waals surface area contributed by atoms with Crippen molar-refractivity contribution < 1.29 is 14.6 Å². The summed E-state index contributed by atoms with van der Waals surface area (Å²) in [5, 5.41) is 12.9. The molecule has 5 nitrogen and oxygen atoms in total. The van der Waals surface area contributed by atoms with Crippen LogP contribution >= 0.6 is 0 Å². The maximum absolute atomic E-state index is 11.7. The molecule has 0 aromatic carbocycles. The van der Waals surface area contributed by atoms with E-state index in [2.05, 4.69) is 5.32 Å². The van der Waals surface area contributed by atoms with E-state index in [0.29, 0.717) is 13.1 Å². The van der Waals surface area contributed by atoms with Gasteiger partial charge in [0.25, 0.3) is 0 Å². The van der Waals surface area contributed by atoms with E-state index in [-0.39, 0.29) is 12.1 Å². The zero-order valence-corrected chi connectivity index (χ0v) is 10.5. The van der Waals surface area contributed by atoms with E-state index in [1.165, 1.54) is 0 Å². The van der Waals surface area contributed by atoms with Crippen molar-refractivity contribution in [2.24, 2.45) is 0 Å². The molecule has 2 atom stereocenters. The molecule has 1 saturated heterocycles. The summed E-state index contributed by atoms with van der Waals surface area (Å²) in [7, 11) is 0. The minimum atomic E-state index is -0.507. The molecule has 1 fully saturated rings. The fourth-order valence-corrected chi connectivity index (χ4v) is 1.73. The SMILES string of the molecule is CCN[C@@H]1CN(C(=O)OC(C)(C)C)C[C@@H]1O. The molecular formula is C11H22N2O3. The number of nitrogens with zero attached hydrogens (tertiary/aromatic N) is 1. The summed E-state index contributed by atoms with van der Waals surface area (Å²) >= 11 is 0. The third kappa shape index (κ3) is 3.64. The fourth-order valence-electron chi connectivity index (χ4n) is 1.73. The monoisotopic (exact) mass is 230 g/mol. The Hall–Kier alpha value is -0.810. The third-order valence-corrected chi connectivity index (χ3v) is 2.41. The highest BCUT2D eigenvalue weighted by atomic mass is 16.6. The third-order valence-electron chi connectivity index (χ3n) is 2.41. The van der Waals surface area contributed by atoms with Gasteiger partial charge in [0.05, 0.1) is 18.7 Å². The predicted octanol–water partition coefficient (Wildman–Crippen LogP) is 0.576. The summed E-state index contributed by atoms with van der Waals surface area (Å²) < 4.78 is 5.24. The van der Waals surface area contributed by atoms with Gasteiger partial charge in [-0.05, 0) is 27.3 Å². The molecule has 0 unspecified atom stereocenters. The second-order valence-corrected chi connectivity index (χ2v) is 5.12. The van der Waals surface area contributed by atoms with E-state index < -0.39 is 11.7 Å². The van der Waals surface area contributed by atoms with E-state index in [4.69, 9.17) is 4.74 Å². The first kappa shape index (κ1) is 13.3. The van der Waals surface area contributed by atoms with Gasteiger partial charge in [-0.2, -0.15) is 0 Å². The molecule has 16 heavy (non-hydrogen) atoms. The number of aliphatic hydroxyl groups is 1. The standard InChI is InChI=1S/C11H22N2O3/c1-5-12-8-6-13(7-9(8)14)10(15)16-11(2,3)4/h8-9,12,14H,5-7H2,1-4H3/t8-,9+/m1/s1. The quantitative estimate of drug-likeness (QED) is 0.728. The summed E-state index contributed by atoms with van der Waals surface area (Å²) in [5.74, 6) is 0. The van der Waals surface area contributed by atoms with Crippen molar-refractivity contribution in [3.8, 4) is 0 Å². The molecular weight excluding hydrogens is 208 g/mol. The minimum Gasteiger partial charge on any atom is -0.444 e. The van der Waals surface area contributed by atoms with Gasteiger partial charge in [0.15, 0.2) is 0 Å². The first-order chi connectivity index (χ1) is 7.33. The molecule has 1 aliphatic heterocycles. The van der Waals surface area contributed by atoms with Gasteiger partial charge in [0.1, 0.15) is 5.60 Å². The Bertz CT molecular complexity index is 250. The van der Waals surface area contributed by atoms with Crippen molar-refractivity contribution in [1.29, 1.82) is 0 Å². The molecule has 0 saturated carbocycles. The molecule has 5 heteroatoms. The maximum atomic E-state index is 11.7. The van der Waals surface area contributed by atoms with Crippen molar-refractivity contribution in [1.82, 2.24) is 10.2 Å². The second-order valence-electron chi connectivity index (χ2n) is 5.12. The van der Waals surface area contributed by atoms with Crippen LogP contribution < -0.4 is 5.32 Å². The molecule has 0 radical (unpaired) electrons. The molecule has 0 bridgehead atoms. The maximum Gasteiger partial charge on any atom is 0.410 e. The van der Waals surface area contributed by atoms with E-state index >= 15 is 0 Å². The number of hydrogen-bond donors (Lipinski definition) is 2. The van der Waals surface area contributed by atoms with Crippen LogP contribution in [0.15, 0.2) is 0 Å². The number of likely N-dealkylation sites (N-methyl/N-ethyl adjacent to an activating group) is 1. The largest absolute Gasteiger partial charge is 0.444 e. The van der Waals surface area contributed by atoms with E-state index in [1.54, 1.807) is 4.90 Å². The number of rotatable bonds is 2. The average Bonchev–Trinajstić information content (AvgIpc) is 2.46. The van der Waals surface area contributed by atoms with Crippen molar-refractivity contribution in [3.63, 3.8) is 0 Å². The fraction of sp³-hybridized carbons (Fsp3) is 0.909. The van der Waals surface area contributed by atoms with Crippen LogP contribution in [0.5, 0.6) is 0 Å². The average molecular weight is 230 g/mol. The highest BCUT2D eigenvalue weighted by Crippen LogP contribution is 2.15. The molecule has 0 aromatic rings. The van der Waals surface area contributed by atoms with Crippen molar-refractivity contribution in [3.05, 3.63) is 0 Å². The Morgan fingerprint density at radius 1 is 1.50 bits per heavy atom. The van der Waals surface area contributed by atoms with Crippen LogP contribution in [0.25, 0.3) is 0 Å². The summed E-state index contributed by atoms with van der Waals surface area (Å²) in [6.45, 7) is 9.10. The van der Waals surface area contributed by atoms with Gasteiger partial charge in [0, 0.05) is 6.54 Å². The molecule has 1 heterocycles. The Balaban J connectivity index is 2.48. The van der Waals surface area contributed by atoms with Crippen LogP contribution in [0.1, 0.15) is 27.7 Å². The number of aliphatic hydroxyl groups excluding tert-OH is 1. The van der Waals surface area contributed by atoms with Gasteiger partial charge in [-0.3, -0.25) is 0 Å². The first-order valence-corrected chi connectivity index (χ1v) is 5.73. The zero-order chi connectivity index (χ0) is 12.3. The van der Waals surface area contributed by atoms with Gasteiger partial charge < -0.3 is 20.1 Å². The van der Waals surface area contributed by atoms with Crippen LogP contribution in [0.2, 0.25) is 0 Å². The molecule has 1 amide bonds. The molecule has 0 aromatic heterocycles. The Kier molecular flexibility index (Phi) is 4.15. The highest BCUT2D eigenvalue weighted by Gasteiger charge is 2.35. The van der Waals surface area contributed by atoms with Crippen molar-refractivity contribution >= 4 is 6.09 Å². The van der Waals surface area contributed by atoms with Gasteiger partial charge in [-0.1, -0.05) is 6.92 Å². The molecule has 0 aliphatic carbocycles.